The van der Waals surface area contributed by atoms with E-state index in [0.29, 0.717) is 6.61 Å². The van der Waals surface area contributed by atoms with Crippen LogP contribution in [0.4, 0.5) is 5.69 Å². The first-order chi connectivity index (χ1) is 10.5. The van der Waals surface area contributed by atoms with Gasteiger partial charge in [0, 0.05) is 30.6 Å². The van der Waals surface area contributed by atoms with Crippen LogP contribution in [0.25, 0.3) is 0 Å². The molecule has 1 saturated carbocycles. The van der Waals surface area contributed by atoms with Gasteiger partial charge in [0.05, 0.1) is 11.5 Å². The summed E-state index contributed by atoms with van der Waals surface area (Å²) in [6, 6.07) is 6.36. The molecule has 0 spiro atoms. The van der Waals surface area contributed by atoms with Crippen molar-refractivity contribution in [1.29, 1.82) is 0 Å². The van der Waals surface area contributed by atoms with Crippen molar-refractivity contribution in [3.05, 3.63) is 39.9 Å². The Hall–Kier alpha value is -0.880. The highest BCUT2D eigenvalue weighted by Crippen LogP contribution is 2.65. The van der Waals surface area contributed by atoms with Crippen molar-refractivity contribution < 1.29 is 14.4 Å². The molecule has 0 N–H and O–H groups in total. The smallest absolute Gasteiger partial charge is 0.269 e. The molecule has 3 atom stereocenters. The standard InChI is InChI=1S/C15H17Cl2NO4/c16-15(17)12(9-22-13-3-1-2-8-21-13)14(15)10-4-6-11(7-5-10)18(19)20/h4-7,12-14H,1-3,8-9H2. The van der Waals surface area contributed by atoms with Crippen LogP contribution in [0, 0.1) is 16.0 Å². The second-order valence-electron chi connectivity index (χ2n) is 5.74. The quantitative estimate of drug-likeness (QED) is 0.459. The molecule has 0 bridgehead atoms. The van der Waals surface area contributed by atoms with E-state index < -0.39 is 9.26 Å². The molecule has 22 heavy (non-hydrogen) atoms. The first-order valence-corrected chi connectivity index (χ1v) is 8.11. The molecule has 5 nitrogen and oxygen atoms in total. The first kappa shape index (κ1) is 16.0. The molecule has 7 heteroatoms. The summed E-state index contributed by atoms with van der Waals surface area (Å²) in [6.45, 7) is 1.16. The van der Waals surface area contributed by atoms with E-state index in [-0.39, 0.29) is 23.8 Å². The van der Waals surface area contributed by atoms with E-state index in [1.807, 2.05) is 0 Å². The van der Waals surface area contributed by atoms with E-state index in [1.165, 1.54) is 12.1 Å². The lowest BCUT2D eigenvalue weighted by Crippen LogP contribution is -2.23. The van der Waals surface area contributed by atoms with Crippen molar-refractivity contribution in [3.63, 3.8) is 0 Å². The van der Waals surface area contributed by atoms with Crippen LogP contribution in [0.3, 0.4) is 0 Å². The number of hydrogen-bond donors (Lipinski definition) is 0. The predicted molar refractivity (Wildman–Crippen MR) is 83.3 cm³/mol. The molecular formula is C15H17Cl2NO4. The summed E-state index contributed by atoms with van der Waals surface area (Å²) in [6.07, 6.45) is 2.90. The van der Waals surface area contributed by atoms with E-state index in [2.05, 4.69) is 0 Å². The number of benzene rings is 1. The lowest BCUT2D eigenvalue weighted by Gasteiger charge is -2.22. The minimum Gasteiger partial charge on any atom is -0.353 e. The number of ether oxygens (including phenoxy) is 2. The van der Waals surface area contributed by atoms with Gasteiger partial charge in [-0.2, -0.15) is 0 Å². The maximum atomic E-state index is 10.7. The van der Waals surface area contributed by atoms with Gasteiger partial charge in [-0.1, -0.05) is 12.1 Å². The maximum Gasteiger partial charge on any atom is 0.269 e. The topological polar surface area (TPSA) is 61.6 Å². The third kappa shape index (κ3) is 3.23. The molecule has 1 aromatic rings. The van der Waals surface area contributed by atoms with Crippen LogP contribution in [0.5, 0.6) is 0 Å². The molecule has 1 heterocycles. The zero-order chi connectivity index (χ0) is 15.7. The Morgan fingerprint density at radius 3 is 2.64 bits per heavy atom. The van der Waals surface area contributed by atoms with Crippen molar-refractivity contribution in [3.8, 4) is 0 Å². The maximum absolute atomic E-state index is 10.7. The summed E-state index contributed by atoms with van der Waals surface area (Å²) in [5.41, 5.74) is 0.955. The highest BCUT2D eigenvalue weighted by molar-refractivity contribution is 6.52. The molecule has 0 radical (unpaired) electrons. The number of rotatable bonds is 5. The van der Waals surface area contributed by atoms with Gasteiger partial charge in [0.15, 0.2) is 6.29 Å². The molecule has 0 aromatic heterocycles. The average molecular weight is 346 g/mol. The summed E-state index contributed by atoms with van der Waals surface area (Å²) in [4.78, 5) is 10.3. The van der Waals surface area contributed by atoms with E-state index in [4.69, 9.17) is 32.7 Å². The largest absolute Gasteiger partial charge is 0.353 e. The van der Waals surface area contributed by atoms with E-state index >= 15 is 0 Å². The highest BCUT2D eigenvalue weighted by atomic mass is 35.5. The molecule has 3 rings (SSSR count). The van der Waals surface area contributed by atoms with E-state index in [1.54, 1.807) is 12.1 Å². The van der Waals surface area contributed by atoms with Gasteiger partial charge < -0.3 is 9.47 Å². The minimum atomic E-state index is -0.884. The molecule has 1 saturated heterocycles. The molecule has 3 unspecified atom stereocenters. The Morgan fingerprint density at radius 1 is 1.32 bits per heavy atom. The minimum absolute atomic E-state index is 0.0252. The van der Waals surface area contributed by atoms with Crippen molar-refractivity contribution >= 4 is 28.9 Å². The summed E-state index contributed by atoms with van der Waals surface area (Å²) in [5.74, 6) is -0.0944. The van der Waals surface area contributed by atoms with Gasteiger partial charge in [-0.15, -0.1) is 23.2 Å². The molecule has 1 aliphatic heterocycles. The molecule has 1 aromatic carbocycles. The molecule has 2 aliphatic rings. The number of hydrogen-bond acceptors (Lipinski definition) is 4. The van der Waals surface area contributed by atoms with Crippen molar-refractivity contribution in [2.75, 3.05) is 13.2 Å². The predicted octanol–water partition coefficient (Wildman–Crippen LogP) is 4.03. The highest BCUT2D eigenvalue weighted by Gasteiger charge is 2.63. The van der Waals surface area contributed by atoms with Crippen molar-refractivity contribution in [2.24, 2.45) is 5.92 Å². The fourth-order valence-corrected chi connectivity index (χ4v) is 3.72. The van der Waals surface area contributed by atoms with Gasteiger partial charge in [0.1, 0.15) is 4.33 Å². The SMILES string of the molecule is O=[N+]([O-])c1ccc(C2C(COC3CCCCO3)C2(Cl)Cl)cc1. The molecular weight excluding hydrogens is 329 g/mol. The zero-order valence-corrected chi connectivity index (χ0v) is 13.4. The third-order valence-corrected chi connectivity index (χ3v) is 5.30. The number of alkyl halides is 2. The van der Waals surface area contributed by atoms with Crippen LogP contribution in [-0.2, 0) is 9.47 Å². The van der Waals surface area contributed by atoms with Crippen LogP contribution in [-0.4, -0.2) is 28.8 Å². The van der Waals surface area contributed by atoms with Gasteiger partial charge in [-0.05, 0) is 24.8 Å². The third-order valence-electron chi connectivity index (χ3n) is 4.26. The number of non-ortho nitro benzene ring substituents is 1. The Bertz CT molecular complexity index is 543. The average Bonchev–Trinajstić information content (AvgIpc) is 3.07. The Balaban J connectivity index is 1.60. The summed E-state index contributed by atoms with van der Waals surface area (Å²) in [5, 5.41) is 10.7. The molecule has 2 fully saturated rings. The normalized spacial score (nSPS) is 30.0. The van der Waals surface area contributed by atoms with Crippen LogP contribution < -0.4 is 0 Å². The van der Waals surface area contributed by atoms with Gasteiger partial charge in [0.2, 0.25) is 0 Å². The van der Waals surface area contributed by atoms with Crippen LogP contribution in [0.15, 0.2) is 24.3 Å². The van der Waals surface area contributed by atoms with Crippen molar-refractivity contribution in [2.45, 2.75) is 35.8 Å². The number of nitrogens with zero attached hydrogens (tertiary/aromatic N) is 1. The van der Waals surface area contributed by atoms with Crippen LogP contribution >= 0.6 is 23.2 Å². The molecule has 120 valence electrons. The molecule has 0 amide bonds. The van der Waals surface area contributed by atoms with Crippen LogP contribution in [0.1, 0.15) is 30.7 Å². The summed E-state index contributed by atoms with van der Waals surface area (Å²) < 4.78 is 10.4. The van der Waals surface area contributed by atoms with Crippen molar-refractivity contribution in [1.82, 2.24) is 0 Å². The number of nitro benzene ring substituents is 1. The summed E-state index contributed by atoms with van der Waals surface area (Å²) in [7, 11) is 0. The van der Waals surface area contributed by atoms with Gasteiger partial charge >= 0.3 is 0 Å². The van der Waals surface area contributed by atoms with E-state index in [0.717, 1.165) is 31.4 Å². The Kier molecular flexibility index (Phi) is 4.59. The second kappa shape index (κ2) is 6.32. The summed E-state index contributed by atoms with van der Waals surface area (Å²) >= 11 is 12.7. The van der Waals surface area contributed by atoms with Gasteiger partial charge in [-0.25, -0.2) is 0 Å². The van der Waals surface area contributed by atoms with Gasteiger partial charge in [0.25, 0.3) is 5.69 Å². The second-order valence-corrected chi connectivity index (χ2v) is 7.18. The fraction of sp³-hybridized carbons (Fsp3) is 0.600. The van der Waals surface area contributed by atoms with Gasteiger partial charge in [-0.3, -0.25) is 10.1 Å². The fourth-order valence-electron chi connectivity index (χ4n) is 2.91. The monoisotopic (exact) mass is 345 g/mol. The lowest BCUT2D eigenvalue weighted by atomic mass is 10.1. The lowest BCUT2D eigenvalue weighted by molar-refractivity contribution is -0.384. The zero-order valence-electron chi connectivity index (χ0n) is 11.9. The number of nitro groups is 1. The Labute approximate surface area is 138 Å². The van der Waals surface area contributed by atoms with Crippen LogP contribution in [0.2, 0.25) is 0 Å². The Morgan fingerprint density at radius 2 is 2.05 bits per heavy atom. The molecule has 1 aliphatic carbocycles. The first-order valence-electron chi connectivity index (χ1n) is 7.35. The van der Waals surface area contributed by atoms with E-state index in [9.17, 15) is 10.1 Å². The number of halogens is 2.